The Morgan fingerprint density at radius 1 is 1.48 bits per heavy atom. The second-order valence-electron chi connectivity index (χ2n) is 4.61. The van der Waals surface area contributed by atoms with E-state index < -0.39 is 11.8 Å². The lowest BCUT2D eigenvalue weighted by atomic mass is 10.2. The molecule has 0 amide bonds. The molecule has 21 heavy (non-hydrogen) atoms. The van der Waals surface area contributed by atoms with Crippen LogP contribution in [-0.2, 0) is 4.79 Å². The number of benzene rings is 1. The molecule has 0 aliphatic rings. The van der Waals surface area contributed by atoms with E-state index in [1.165, 1.54) is 16.7 Å². The number of nitrogens with zero attached hydrogens (tertiary/aromatic N) is 3. The molecule has 1 heterocycles. The van der Waals surface area contributed by atoms with Crippen LogP contribution in [0, 0.1) is 5.82 Å². The molecule has 8 heteroatoms. The average molecular weight is 330 g/mol. The lowest BCUT2D eigenvalue weighted by Crippen LogP contribution is -2.07. The summed E-state index contributed by atoms with van der Waals surface area (Å²) in [6, 6.07) is 4.29. The quantitative estimate of drug-likeness (QED) is 0.852. The van der Waals surface area contributed by atoms with Crippen LogP contribution in [0.1, 0.15) is 25.6 Å². The Balaban J connectivity index is 2.52. The molecule has 0 spiro atoms. The van der Waals surface area contributed by atoms with E-state index in [1.54, 1.807) is 6.07 Å². The van der Waals surface area contributed by atoms with Gasteiger partial charge in [-0.05, 0) is 18.2 Å². The number of hydrogen-bond donors (Lipinski definition) is 1. The van der Waals surface area contributed by atoms with Crippen LogP contribution >= 0.6 is 23.4 Å². The Kier molecular flexibility index (Phi) is 4.84. The van der Waals surface area contributed by atoms with Crippen molar-refractivity contribution in [2.75, 3.05) is 5.75 Å². The minimum Gasteiger partial charge on any atom is -0.481 e. The highest BCUT2D eigenvalue weighted by Gasteiger charge is 2.20. The van der Waals surface area contributed by atoms with Crippen LogP contribution in [0.3, 0.4) is 0 Å². The number of hydrogen-bond acceptors (Lipinski definition) is 4. The Bertz CT molecular complexity index is 675. The maximum absolute atomic E-state index is 14.1. The molecule has 0 bridgehead atoms. The Labute approximate surface area is 130 Å². The third kappa shape index (κ3) is 3.54. The van der Waals surface area contributed by atoms with E-state index in [2.05, 4.69) is 10.2 Å². The predicted molar refractivity (Wildman–Crippen MR) is 78.8 cm³/mol. The Morgan fingerprint density at radius 2 is 2.19 bits per heavy atom. The van der Waals surface area contributed by atoms with Crippen molar-refractivity contribution in [2.45, 2.75) is 24.9 Å². The van der Waals surface area contributed by atoms with Crippen LogP contribution in [-0.4, -0.2) is 31.6 Å². The maximum atomic E-state index is 14.1. The van der Waals surface area contributed by atoms with E-state index >= 15 is 0 Å². The summed E-state index contributed by atoms with van der Waals surface area (Å²) >= 11 is 6.75. The second-order valence-corrected chi connectivity index (χ2v) is 5.99. The van der Waals surface area contributed by atoms with Crippen molar-refractivity contribution < 1.29 is 14.3 Å². The van der Waals surface area contributed by atoms with Gasteiger partial charge in [0.05, 0.1) is 11.4 Å². The van der Waals surface area contributed by atoms with Crippen molar-refractivity contribution in [3.05, 3.63) is 34.9 Å². The molecule has 112 valence electrons. The first kappa shape index (κ1) is 15.8. The smallest absolute Gasteiger partial charge is 0.313 e. The van der Waals surface area contributed by atoms with E-state index in [-0.39, 0.29) is 22.4 Å². The molecule has 0 aliphatic heterocycles. The summed E-state index contributed by atoms with van der Waals surface area (Å²) in [6.07, 6.45) is 0. The molecule has 2 aromatic rings. The first-order valence-corrected chi connectivity index (χ1v) is 7.52. The lowest BCUT2D eigenvalue weighted by Gasteiger charge is -2.12. The van der Waals surface area contributed by atoms with Gasteiger partial charge in [-0.2, -0.15) is 0 Å². The van der Waals surface area contributed by atoms with Crippen molar-refractivity contribution in [1.29, 1.82) is 0 Å². The molecule has 0 radical (unpaired) electrons. The molecule has 5 nitrogen and oxygen atoms in total. The van der Waals surface area contributed by atoms with Crippen molar-refractivity contribution in [3.63, 3.8) is 0 Å². The van der Waals surface area contributed by atoms with E-state index in [1.807, 2.05) is 13.8 Å². The van der Waals surface area contributed by atoms with Crippen molar-refractivity contribution in [2.24, 2.45) is 0 Å². The molecule has 0 saturated carbocycles. The summed E-state index contributed by atoms with van der Waals surface area (Å²) < 4.78 is 15.7. The van der Waals surface area contributed by atoms with Crippen LogP contribution in [0.4, 0.5) is 4.39 Å². The highest BCUT2D eigenvalue weighted by Crippen LogP contribution is 2.28. The highest BCUT2D eigenvalue weighted by atomic mass is 35.5. The third-order valence-electron chi connectivity index (χ3n) is 2.65. The number of carboxylic acid groups (broad SMARTS) is 1. The third-order valence-corrected chi connectivity index (χ3v) is 3.80. The fraction of sp³-hybridized carbons (Fsp3) is 0.308. The van der Waals surface area contributed by atoms with E-state index in [9.17, 15) is 9.18 Å². The molecular formula is C13H13ClFN3O2S. The van der Waals surface area contributed by atoms with Gasteiger partial charge in [0.2, 0.25) is 0 Å². The largest absolute Gasteiger partial charge is 0.481 e. The van der Waals surface area contributed by atoms with E-state index in [4.69, 9.17) is 16.7 Å². The van der Waals surface area contributed by atoms with Crippen molar-refractivity contribution in [3.8, 4) is 5.69 Å². The summed E-state index contributed by atoms with van der Waals surface area (Å²) in [5.41, 5.74) is 0.251. The van der Waals surface area contributed by atoms with E-state index in [0.717, 1.165) is 11.8 Å². The van der Waals surface area contributed by atoms with E-state index in [0.29, 0.717) is 11.0 Å². The number of halogens is 2. The summed E-state index contributed by atoms with van der Waals surface area (Å²) in [5, 5.41) is 17.4. The Hall–Kier alpha value is -1.60. The predicted octanol–water partition coefficient (Wildman–Crippen LogP) is 3.36. The first-order chi connectivity index (χ1) is 9.90. The fourth-order valence-electron chi connectivity index (χ4n) is 1.76. The number of aliphatic carboxylic acids is 1. The summed E-state index contributed by atoms with van der Waals surface area (Å²) in [7, 11) is 0. The van der Waals surface area contributed by atoms with Gasteiger partial charge in [0.1, 0.15) is 11.6 Å². The van der Waals surface area contributed by atoms with Crippen LogP contribution in [0.5, 0.6) is 0 Å². The number of thioether (sulfide) groups is 1. The molecule has 0 saturated heterocycles. The van der Waals surface area contributed by atoms with Gasteiger partial charge in [0.25, 0.3) is 0 Å². The second kappa shape index (κ2) is 6.44. The highest BCUT2D eigenvalue weighted by molar-refractivity contribution is 7.99. The van der Waals surface area contributed by atoms with Gasteiger partial charge in [-0.1, -0.05) is 37.2 Å². The average Bonchev–Trinajstić information content (AvgIpc) is 2.80. The van der Waals surface area contributed by atoms with Gasteiger partial charge in [0.15, 0.2) is 5.16 Å². The van der Waals surface area contributed by atoms with Crippen molar-refractivity contribution >= 4 is 29.3 Å². The van der Waals surface area contributed by atoms with Gasteiger partial charge in [0, 0.05) is 10.9 Å². The lowest BCUT2D eigenvalue weighted by molar-refractivity contribution is -0.133. The first-order valence-electron chi connectivity index (χ1n) is 6.15. The molecule has 0 unspecified atom stereocenters. The molecular weight excluding hydrogens is 317 g/mol. The van der Waals surface area contributed by atoms with Crippen LogP contribution in [0.2, 0.25) is 5.02 Å². The SMILES string of the molecule is CC(C)c1nnc(SCC(=O)O)n1-c1ccc(Cl)cc1F. The zero-order valence-electron chi connectivity index (χ0n) is 11.4. The van der Waals surface area contributed by atoms with Crippen LogP contribution in [0.25, 0.3) is 5.69 Å². The standard InChI is InChI=1S/C13H13ClFN3O2S/c1-7(2)12-16-17-13(21-6-11(19)20)18(12)10-4-3-8(14)5-9(10)15/h3-5,7H,6H2,1-2H3,(H,19,20). The van der Waals surface area contributed by atoms with Crippen molar-refractivity contribution in [1.82, 2.24) is 14.8 Å². The molecule has 0 atom stereocenters. The van der Waals surface area contributed by atoms with Gasteiger partial charge in [-0.3, -0.25) is 9.36 Å². The molecule has 1 aromatic heterocycles. The van der Waals surface area contributed by atoms with Crippen LogP contribution < -0.4 is 0 Å². The molecule has 1 N–H and O–H groups in total. The minimum atomic E-state index is -0.975. The summed E-state index contributed by atoms with van der Waals surface area (Å²) in [5.74, 6) is -1.10. The monoisotopic (exact) mass is 329 g/mol. The number of aromatic nitrogens is 3. The van der Waals surface area contributed by atoms with Crippen LogP contribution in [0.15, 0.2) is 23.4 Å². The molecule has 2 rings (SSSR count). The van der Waals surface area contributed by atoms with Gasteiger partial charge >= 0.3 is 5.97 Å². The molecule has 0 aliphatic carbocycles. The summed E-state index contributed by atoms with van der Waals surface area (Å²) in [6.45, 7) is 3.81. The zero-order chi connectivity index (χ0) is 15.6. The fourth-order valence-corrected chi connectivity index (χ4v) is 2.59. The zero-order valence-corrected chi connectivity index (χ0v) is 13.0. The van der Waals surface area contributed by atoms with Gasteiger partial charge in [-0.15, -0.1) is 10.2 Å². The van der Waals surface area contributed by atoms with Gasteiger partial charge < -0.3 is 5.11 Å². The van der Waals surface area contributed by atoms with Gasteiger partial charge in [-0.25, -0.2) is 4.39 Å². The number of rotatable bonds is 5. The minimum absolute atomic E-state index is 0.00626. The number of carbonyl (C=O) groups is 1. The topological polar surface area (TPSA) is 68.0 Å². The molecule has 1 aromatic carbocycles. The number of carboxylic acids is 1. The maximum Gasteiger partial charge on any atom is 0.313 e. The normalized spacial score (nSPS) is 11.1. The Morgan fingerprint density at radius 3 is 2.76 bits per heavy atom. The summed E-state index contributed by atoms with van der Waals surface area (Å²) in [4.78, 5) is 10.7. The molecule has 0 fully saturated rings.